The number of likely N-dealkylation sites (tertiary alicyclic amines) is 1. The third-order valence-corrected chi connectivity index (χ3v) is 11.0. The quantitative estimate of drug-likeness (QED) is 0.561. The number of amides is 1. The molecule has 0 unspecified atom stereocenters. The number of sulfonamides is 2. The third-order valence-electron chi connectivity index (χ3n) is 7.09. The molecular formula is C22H33N3O6S2. The monoisotopic (exact) mass is 499 g/mol. The number of hydrogen-bond donors (Lipinski definition) is 0. The van der Waals surface area contributed by atoms with Crippen LogP contribution in [0.4, 0.5) is 0 Å². The Morgan fingerprint density at radius 2 is 1.73 bits per heavy atom. The molecule has 1 aromatic carbocycles. The summed E-state index contributed by atoms with van der Waals surface area (Å²) in [6, 6.07) is 5.37. The van der Waals surface area contributed by atoms with Gasteiger partial charge < -0.3 is 9.64 Å². The van der Waals surface area contributed by atoms with Crippen LogP contribution in [0.15, 0.2) is 34.1 Å². The van der Waals surface area contributed by atoms with Crippen molar-refractivity contribution >= 4 is 26.0 Å². The van der Waals surface area contributed by atoms with Gasteiger partial charge in [-0.1, -0.05) is 13.8 Å². The molecule has 1 atom stereocenters. The normalized spacial score (nSPS) is 23.7. The lowest BCUT2D eigenvalue weighted by Crippen LogP contribution is -2.61. The zero-order valence-electron chi connectivity index (χ0n) is 19.3. The molecule has 1 amide bonds. The highest BCUT2D eigenvalue weighted by Gasteiger charge is 2.49. The van der Waals surface area contributed by atoms with Crippen LogP contribution in [0.3, 0.4) is 0 Å². The minimum atomic E-state index is -3.82. The van der Waals surface area contributed by atoms with E-state index < -0.39 is 20.0 Å². The van der Waals surface area contributed by atoms with Gasteiger partial charge in [-0.05, 0) is 43.5 Å². The van der Waals surface area contributed by atoms with Crippen LogP contribution in [0, 0.1) is 11.3 Å². The summed E-state index contributed by atoms with van der Waals surface area (Å²) in [5.74, 6) is -0.330. The van der Waals surface area contributed by atoms with Gasteiger partial charge in [-0.25, -0.2) is 16.8 Å². The second kappa shape index (κ2) is 9.26. The first-order valence-corrected chi connectivity index (χ1v) is 14.5. The smallest absolute Gasteiger partial charge is 0.243 e. The maximum Gasteiger partial charge on any atom is 0.243 e. The summed E-state index contributed by atoms with van der Waals surface area (Å²) in [5.41, 5.74) is 0.101. The van der Waals surface area contributed by atoms with Gasteiger partial charge in [0.25, 0.3) is 0 Å². The molecule has 3 aliphatic heterocycles. The van der Waals surface area contributed by atoms with Gasteiger partial charge in [0.2, 0.25) is 26.0 Å². The Morgan fingerprint density at radius 3 is 2.30 bits per heavy atom. The molecule has 3 heterocycles. The van der Waals surface area contributed by atoms with Gasteiger partial charge in [0.05, 0.1) is 22.3 Å². The molecule has 0 saturated carbocycles. The molecule has 11 heteroatoms. The van der Waals surface area contributed by atoms with Crippen molar-refractivity contribution < 1.29 is 26.4 Å². The molecule has 184 valence electrons. The first-order valence-electron chi connectivity index (χ1n) is 11.6. The molecule has 3 saturated heterocycles. The number of piperidine rings is 1. The number of benzene rings is 1. The van der Waals surface area contributed by atoms with Gasteiger partial charge in [0.1, 0.15) is 0 Å². The molecule has 0 radical (unpaired) electrons. The maximum atomic E-state index is 13.2. The molecule has 4 rings (SSSR count). The number of carbonyl (C=O) groups is 1. The van der Waals surface area contributed by atoms with Crippen LogP contribution in [-0.4, -0.2) is 88.7 Å². The predicted molar refractivity (Wildman–Crippen MR) is 122 cm³/mol. The van der Waals surface area contributed by atoms with Gasteiger partial charge in [0.15, 0.2) is 0 Å². The Bertz CT molecular complexity index is 1070. The first kappa shape index (κ1) is 24.6. The highest BCUT2D eigenvalue weighted by Crippen LogP contribution is 2.39. The summed E-state index contributed by atoms with van der Waals surface area (Å²) in [6.07, 6.45) is 2.26. The molecule has 33 heavy (non-hydrogen) atoms. The van der Waals surface area contributed by atoms with Crippen LogP contribution in [0.5, 0.6) is 0 Å². The van der Waals surface area contributed by atoms with Crippen molar-refractivity contribution in [2.24, 2.45) is 11.3 Å². The minimum Gasteiger partial charge on any atom is -0.381 e. The molecule has 0 aliphatic carbocycles. The van der Waals surface area contributed by atoms with Gasteiger partial charge in [-0.15, -0.1) is 0 Å². The number of hydrogen-bond acceptors (Lipinski definition) is 6. The van der Waals surface area contributed by atoms with E-state index in [1.54, 1.807) is 13.8 Å². The highest BCUT2D eigenvalue weighted by molar-refractivity contribution is 7.89. The summed E-state index contributed by atoms with van der Waals surface area (Å²) < 4.78 is 60.0. The van der Waals surface area contributed by atoms with Crippen LogP contribution in [0.25, 0.3) is 0 Å². The second-order valence-electron chi connectivity index (χ2n) is 9.26. The van der Waals surface area contributed by atoms with Crippen LogP contribution in [0.2, 0.25) is 0 Å². The molecular weight excluding hydrogens is 466 g/mol. The molecule has 0 aromatic heterocycles. The largest absolute Gasteiger partial charge is 0.381 e. The van der Waals surface area contributed by atoms with Crippen molar-refractivity contribution in [3.05, 3.63) is 24.3 Å². The standard InChI is InChI=1S/C22H33N3O6S2/c1-3-24(4-2)32(27,28)19-7-9-20(10-8-19)33(29,30)25-12-5-6-18(14-25)21(26)23-15-22(16-23)11-13-31-17-22/h7-10,18H,3-6,11-17H2,1-2H3/t18-/m1/s1. The summed E-state index contributed by atoms with van der Waals surface area (Å²) in [4.78, 5) is 14.9. The SMILES string of the molecule is CCN(CC)S(=O)(=O)c1ccc(S(=O)(=O)N2CCC[C@@H](C(=O)N3CC4(CCOC4)C3)C2)cc1. The van der Waals surface area contributed by atoms with E-state index in [4.69, 9.17) is 4.74 Å². The fourth-order valence-corrected chi connectivity index (χ4v) is 8.07. The van der Waals surface area contributed by atoms with Gasteiger partial charge in [-0.3, -0.25) is 4.79 Å². The van der Waals surface area contributed by atoms with Gasteiger partial charge >= 0.3 is 0 Å². The van der Waals surface area contributed by atoms with Crippen molar-refractivity contribution in [3.8, 4) is 0 Å². The van der Waals surface area contributed by atoms with Crippen molar-refractivity contribution in [1.82, 2.24) is 13.5 Å². The van der Waals surface area contributed by atoms with E-state index in [0.29, 0.717) is 52.2 Å². The predicted octanol–water partition coefficient (Wildman–Crippen LogP) is 1.37. The molecule has 0 bridgehead atoms. The Hall–Kier alpha value is -1.53. The molecule has 9 nitrogen and oxygen atoms in total. The maximum absolute atomic E-state index is 13.2. The number of nitrogens with zero attached hydrogens (tertiary/aromatic N) is 3. The summed E-state index contributed by atoms with van der Waals surface area (Å²) in [7, 11) is -7.48. The zero-order valence-corrected chi connectivity index (χ0v) is 20.9. The molecule has 3 aliphatic rings. The summed E-state index contributed by atoms with van der Waals surface area (Å²) >= 11 is 0. The van der Waals surface area contributed by atoms with Crippen LogP contribution in [0.1, 0.15) is 33.1 Å². The van der Waals surface area contributed by atoms with E-state index in [9.17, 15) is 21.6 Å². The van der Waals surface area contributed by atoms with Crippen LogP contribution >= 0.6 is 0 Å². The Morgan fingerprint density at radius 1 is 1.09 bits per heavy atom. The first-order chi connectivity index (χ1) is 15.6. The number of carbonyl (C=O) groups excluding carboxylic acids is 1. The average Bonchev–Trinajstić information content (AvgIpc) is 3.29. The lowest BCUT2D eigenvalue weighted by molar-refractivity contribution is -0.149. The third kappa shape index (κ3) is 4.58. The summed E-state index contributed by atoms with van der Waals surface area (Å²) in [5, 5.41) is 0. The van der Waals surface area contributed by atoms with E-state index in [1.165, 1.54) is 32.9 Å². The van der Waals surface area contributed by atoms with Crippen molar-refractivity contribution in [1.29, 1.82) is 0 Å². The molecule has 3 fully saturated rings. The number of rotatable bonds is 7. The van der Waals surface area contributed by atoms with Crippen molar-refractivity contribution in [3.63, 3.8) is 0 Å². The highest BCUT2D eigenvalue weighted by atomic mass is 32.2. The zero-order chi connectivity index (χ0) is 23.9. The number of ether oxygens (including phenoxy) is 1. The van der Waals surface area contributed by atoms with E-state index in [0.717, 1.165) is 13.0 Å². The van der Waals surface area contributed by atoms with Crippen LogP contribution in [-0.2, 0) is 29.6 Å². The lowest BCUT2D eigenvalue weighted by atomic mass is 9.78. The summed E-state index contributed by atoms with van der Waals surface area (Å²) in [6.45, 7) is 7.53. The van der Waals surface area contributed by atoms with Crippen molar-refractivity contribution in [2.75, 3.05) is 52.5 Å². The molecule has 1 spiro atoms. The van der Waals surface area contributed by atoms with Gasteiger partial charge in [-0.2, -0.15) is 8.61 Å². The van der Waals surface area contributed by atoms with E-state index in [2.05, 4.69) is 0 Å². The second-order valence-corrected chi connectivity index (χ2v) is 13.1. The minimum absolute atomic E-state index is 0.0214. The Balaban J connectivity index is 1.44. The fraction of sp³-hybridized carbons (Fsp3) is 0.682. The van der Waals surface area contributed by atoms with E-state index in [-0.39, 0.29) is 33.6 Å². The Kier molecular flexibility index (Phi) is 6.90. The Labute approximate surface area is 196 Å². The fourth-order valence-electron chi connectivity index (χ4n) is 5.08. The average molecular weight is 500 g/mol. The van der Waals surface area contributed by atoms with Gasteiger partial charge in [0, 0.05) is 51.3 Å². The lowest BCUT2D eigenvalue weighted by Gasteiger charge is -2.49. The van der Waals surface area contributed by atoms with E-state index >= 15 is 0 Å². The van der Waals surface area contributed by atoms with Crippen molar-refractivity contribution in [2.45, 2.75) is 42.9 Å². The van der Waals surface area contributed by atoms with E-state index in [1.807, 2.05) is 4.90 Å². The molecule has 1 aromatic rings. The molecule has 0 N–H and O–H groups in total. The van der Waals surface area contributed by atoms with Crippen LogP contribution < -0.4 is 0 Å². The topological polar surface area (TPSA) is 104 Å².